The number of hydrogen-bond acceptors (Lipinski definition) is 1. The minimum atomic E-state index is -1.83. The van der Waals surface area contributed by atoms with Gasteiger partial charge in [-0.1, -0.05) is 0 Å². The van der Waals surface area contributed by atoms with Crippen LogP contribution in [0.15, 0.2) is 0 Å². The van der Waals surface area contributed by atoms with Crippen LogP contribution in [-0.4, -0.2) is 34.3 Å². The quantitative estimate of drug-likeness (QED) is 0.426. The van der Waals surface area contributed by atoms with Crippen molar-refractivity contribution in [1.29, 1.82) is 0 Å². The molecule has 0 aliphatic rings. The van der Waals surface area contributed by atoms with Gasteiger partial charge < -0.3 is 10.2 Å². The molecule has 1 unspecified atom stereocenters. The van der Waals surface area contributed by atoms with E-state index in [9.17, 15) is 0 Å². The van der Waals surface area contributed by atoms with Crippen molar-refractivity contribution in [2.45, 2.75) is 0 Å². The Hall–Kier alpha value is -0.172. The normalized spacial score (nSPS) is 4.80. The van der Waals surface area contributed by atoms with Gasteiger partial charge in [-0.05, 0) is 0 Å². The van der Waals surface area contributed by atoms with Gasteiger partial charge in [-0.3, -0.25) is 0 Å². The molecule has 0 saturated heterocycles. The average Bonchev–Trinajstić information content (AvgIpc) is 0.811. The molecular formula is CH5AsO3. The second kappa shape index (κ2) is 3.83. The van der Waals surface area contributed by atoms with E-state index in [1.165, 1.54) is 0 Å². The second-order valence-corrected chi connectivity index (χ2v) is 0.283. The fourth-order valence-electron chi connectivity index (χ4n) is 0. The summed E-state index contributed by atoms with van der Waals surface area (Å²) >= 11 is 0. The summed E-state index contributed by atoms with van der Waals surface area (Å²) in [5, 5.41) is 13.9. The van der Waals surface area contributed by atoms with Crippen LogP contribution in [0.4, 0.5) is 4.79 Å². The van der Waals surface area contributed by atoms with E-state index in [2.05, 4.69) is 0 Å². The summed E-state index contributed by atoms with van der Waals surface area (Å²) in [5.41, 5.74) is 0. The first-order valence-electron chi connectivity index (χ1n) is 0.651. The van der Waals surface area contributed by atoms with Crippen molar-refractivity contribution in [1.82, 2.24) is 0 Å². The molecule has 0 saturated carbocycles. The summed E-state index contributed by atoms with van der Waals surface area (Å²) in [6.07, 6.45) is -1.83. The molecule has 0 bridgehead atoms. The van der Waals surface area contributed by atoms with E-state index < -0.39 is 6.16 Å². The van der Waals surface area contributed by atoms with Crippen LogP contribution >= 0.6 is 0 Å². The van der Waals surface area contributed by atoms with Gasteiger partial charge in [0.2, 0.25) is 0 Å². The Balaban J connectivity index is 0. The summed E-state index contributed by atoms with van der Waals surface area (Å²) in [5.74, 6) is 0. The van der Waals surface area contributed by atoms with Gasteiger partial charge in [0, 0.05) is 0 Å². The van der Waals surface area contributed by atoms with Crippen molar-refractivity contribution in [2.24, 2.45) is 0 Å². The van der Waals surface area contributed by atoms with Gasteiger partial charge in [-0.15, -0.1) is 0 Å². The Morgan fingerprint density at radius 3 is 1.40 bits per heavy atom. The molecule has 0 spiro atoms. The van der Waals surface area contributed by atoms with E-state index in [0.717, 1.165) is 0 Å². The molecule has 0 aromatic carbocycles. The standard InChI is InChI=1S/CH2O3.AsH3/c2-1(3)4;/h(H2,2,3,4);1H3. The van der Waals surface area contributed by atoms with Gasteiger partial charge in [0.25, 0.3) is 0 Å². The molecule has 4 heteroatoms. The fraction of sp³-hybridized carbons (Fsp3) is 0. The van der Waals surface area contributed by atoms with E-state index >= 15 is 0 Å². The van der Waals surface area contributed by atoms with Crippen LogP contribution in [0.1, 0.15) is 0 Å². The third-order valence-corrected chi connectivity index (χ3v) is 0. The fourth-order valence-corrected chi connectivity index (χ4v) is 0. The van der Waals surface area contributed by atoms with E-state index in [-0.39, 0.29) is 18.0 Å². The van der Waals surface area contributed by atoms with Gasteiger partial charge in [-0.2, -0.15) is 0 Å². The van der Waals surface area contributed by atoms with Gasteiger partial charge in [0.1, 0.15) is 0 Å². The molecule has 3 nitrogen and oxygen atoms in total. The van der Waals surface area contributed by atoms with Crippen LogP contribution in [0, 0.1) is 0 Å². The summed E-state index contributed by atoms with van der Waals surface area (Å²) < 4.78 is 0. The molecule has 0 fully saturated rings. The van der Waals surface area contributed by atoms with Crippen molar-refractivity contribution in [2.75, 3.05) is 0 Å². The molecule has 0 aromatic rings. The summed E-state index contributed by atoms with van der Waals surface area (Å²) in [6.45, 7) is 0. The number of carboxylic acid groups (broad SMARTS) is 2. The third kappa shape index (κ3) is 435. The second-order valence-electron chi connectivity index (χ2n) is 0.283. The van der Waals surface area contributed by atoms with Crippen molar-refractivity contribution in [3.63, 3.8) is 0 Å². The number of rotatable bonds is 0. The molecule has 2 N–H and O–H groups in total. The van der Waals surface area contributed by atoms with Crippen molar-refractivity contribution >= 4 is 24.1 Å². The first kappa shape index (κ1) is 8.85. The third-order valence-electron chi connectivity index (χ3n) is 0. The monoisotopic (exact) mass is 140 g/mol. The number of carbonyl (C=O) groups is 1. The molecule has 5 heavy (non-hydrogen) atoms. The van der Waals surface area contributed by atoms with Crippen LogP contribution < -0.4 is 0 Å². The Labute approximate surface area is 39.9 Å². The van der Waals surface area contributed by atoms with Gasteiger partial charge in [0.15, 0.2) is 0 Å². The predicted molar refractivity (Wildman–Crippen MR) is 20.6 cm³/mol. The topological polar surface area (TPSA) is 57.5 Å². The predicted octanol–water partition coefficient (Wildman–Crippen LogP) is -0.962. The zero-order valence-corrected chi connectivity index (χ0v) is 5.48. The molecule has 32 valence electrons. The summed E-state index contributed by atoms with van der Waals surface area (Å²) in [4.78, 5) is 8.56. The molecule has 0 aromatic heterocycles. The molecule has 0 rings (SSSR count). The molecule has 0 amide bonds. The van der Waals surface area contributed by atoms with Crippen LogP contribution in [0.5, 0.6) is 0 Å². The maximum atomic E-state index is 8.56. The Morgan fingerprint density at radius 2 is 1.40 bits per heavy atom. The Bertz CT molecular complexity index is 29.9. The Morgan fingerprint density at radius 1 is 1.40 bits per heavy atom. The summed E-state index contributed by atoms with van der Waals surface area (Å²) in [7, 11) is 0. The zero-order chi connectivity index (χ0) is 3.58. The van der Waals surface area contributed by atoms with E-state index in [1.807, 2.05) is 0 Å². The maximum absolute atomic E-state index is 8.56. The van der Waals surface area contributed by atoms with Crippen molar-refractivity contribution in [3.05, 3.63) is 0 Å². The van der Waals surface area contributed by atoms with Crippen LogP contribution in [0.2, 0.25) is 0 Å². The zero-order valence-electron chi connectivity index (χ0n) is 2.51. The molecular weight excluding hydrogens is 135 g/mol. The molecule has 0 aliphatic carbocycles. The van der Waals surface area contributed by atoms with E-state index in [4.69, 9.17) is 15.0 Å². The van der Waals surface area contributed by atoms with E-state index in [0.29, 0.717) is 0 Å². The molecule has 0 heterocycles. The SMILES string of the molecule is O=C(O)O.[AsH3]. The van der Waals surface area contributed by atoms with Crippen LogP contribution in [-0.2, 0) is 0 Å². The van der Waals surface area contributed by atoms with Gasteiger partial charge >= 0.3 is 24.1 Å². The van der Waals surface area contributed by atoms with Crippen molar-refractivity contribution in [3.8, 4) is 0 Å². The summed E-state index contributed by atoms with van der Waals surface area (Å²) in [6, 6.07) is 0. The first-order valence-corrected chi connectivity index (χ1v) is 0.651. The molecule has 1 atom stereocenters. The van der Waals surface area contributed by atoms with Crippen LogP contribution in [0.25, 0.3) is 0 Å². The van der Waals surface area contributed by atoms with E-state index in [1.54, 1.807) is 0 Å². The first-order chi connectivity index (χ1) is 1.73. The molecule has 0 radical (unpaired) electrons. The Kier molecular flexibility index (Phi) is 6.77. The minimum absolute atomic E-state index is 0. The van der Waals surface area contributed by atoms with Crippen LogP contribution in [0.3, 0.4) is 0 Å². The van der Waals surface area contributed by atoms with Crippen molar-refractivity contribution < 1.29 is 15.0 Å². The number of hydrogen-bond donors (Lipinski definition) is 2. The molecule has 0 aliphatic heterocycles. The van der Waals surface area contributed by atoms with Gasteiger partial charge in [0.05, 0.1) is 0 Å². The average molecular weight is 140 g/mol. The van der Waals surface area contributed by atoms with Gasteiger partial charge in [-0.25, -0.2) is 4.79 Å².